The van der Waals surface area contributed by atoms with Gasteiger partial charge in [-0.3, -0.25) is 19.3 Å². The van der Waals surface area contributed by atoms with Gasteiger partial charge in [0.05, 0.1) is 35.5 Å². The fourth-order valence-corrected chi connectivity index (χ4v) is 4.63. The van der Waals surface area contributed by atoms with Crippen molar-refractivity contribution >= 4 is 16.8 Å². The van der Waals surface area contributed by atoms with Crippen LogP contribution in [-0.4, -0.2) is 27.4 Å². The number of carbonyl (C=O) groups excluding carboxylic acids is 1. The average Bonchev–Trinajstić information content (AvgIpc) is 3.43. The highest BCUT2D eigenvalue weighted by Crippen LogP contribution is 2.32. The molecule has 3 aromatic carbocycles. The topological polar surface area (TPSA) is 92.8 Å². The van der Waals surface area contributed by atoms with Gasteiger partial charge >= 0.3 is 6.18 Å². The minimum Gasteiger partial charge on any atom is -0.497 e. The Kier molecular flexibility index (Phi) is 6.36. The van der Waals surface area contributed by atoms with Crippen LogP contribution in [0.25, 0.3) is 16.6 Å². The van der Waals surface area contributed by atoms with Crippen molar-refractivity contribution < 1.29 is 22.7 Å². The molecule has 196 valence electrons. The van der Waals surface area contributed by atoms with Gasteiger partial charge in [-0.25, -0.2) is 4.68 Å². The molecule has 2 heterocycles. The molecule has 0 aliphatic heterocycles. The lowest BCUT2D eigenvalue weighted by atomic mass is 10.1. The van der Waals surface area contributed by atoms with E-state index in [2.05, 4.69) is 5.10 Å². The van der Waals surface area contributed by atoms with Crippen LogP contribution in [0.2, 0.25) is 0 Å². The summed E-state index contributed by atoms with van der Waals surface area (Å²) in [6, 6.07) is 19.5. The van der Waals surface area contributed by atoms with Crippen LogP contribution in [0.4, 0.5) is 13.2 Å². The quantitative estimate of drug-likeness (QED) is 0.320. The second kappa shape index (κ2) is 9.68. The van der Waals surface area contributed by atoms with E-state index in [1.165, 1.54) is 25.3 Å². The summed E-state index contributed by atoms with van der Waals surface area (Å²) in [7, 11) is 1.53. The molecule has 2 aromatic heterocycles. The summed E-state index contributed by atoms with van der Waals surface area (Å²) in [4.78, 5) is 26.3. The van der Waals surface area contributed by atoms with E-state index in [0.717, 1.165) is 27.8 Å². The molecular weight excluding hydrogens is 509 g/mol. The summed E-state index contributed by atoms with van der Waals surface area (Å²) >= 11 is 0. The van der Waals surface area contributed by atoms with Crippen molar-refractivity contribution in [2.45, 2.75) is 19.5 Å². The fraction of sp³-hybridized carbons (Fsp3) is 0.138. The molecular formula is C29H21F3N4O3. The Bertz CT molecular complexity index is 1820. The van der Waals surface area contributed by atoms with E-state index in [4.69, 9.17) is 10.00 Å². The lowest BCUT2D eigenvalue weighted by Crippen LogP contribution is -2.14. The van der Waals surface area contributed by atoms with Gasteiger partial charge in [0.15, 0.2) is 0 Å². The molecule has 0 aliphatic carbocycles. The number of H-pyrrole nitrogens is 1. The highest BCUT2D eigenvalue weighted by atomic mass is 19.4. The minimum absolute atomic E-state index is 0.0536. The highest BCUT2D eigenvalue weighted by molar-refractivity contribution is 6.04. The Labute approximate surface area is 220 Å². The summed E-state index contributed by atoms with van der Waals surface area (Å²) in [5, 5.41) is 12.7. The number of nitrogens with zero attached hydrogens (tertiary/aromatic N) is 3. The van der Waals surface area contributed by atoms with Crippen LogP contribution in [-0.2, 0) is 12.6 Å². The molecule has 0 aliphatic rings. The first-order valence-electron chi connectivity index (χ1n) is 11.8. The lowest BCUT2D eigenvalue weighted by molar-refractivity contribution is -0.137. The molecule has 0 saturated carbocycles. The highest BCUT2D eigenvalue weighted by Gasteiger charge is 2.30. The third-order valence-electron chi connectivity index (χ3n) is 6.58. The molecule has 0 atom stereocenters. The molecule has 5 rings (SSSR count). The van der Waals surface area contributed by atoms with E-state index in [9.17, 15) is 22.8 Å². The summed E-state index contributed by atoms with van der Waals surface area (Å²) in [5.74, 6) is 0.273. The van der Waals surface area contributed by atoms with E-state index in [1.807, 2.05) is 6.07 Å². The summed E-state index contributed by atoms with van der Waals surface area (Å²) in [6.07, 6.45) is -4.35. The minimum atomic E-state index is -4.55. The van der Waals surface area contributed by atoms with E-state index >= 15 is 0 Å². The maximum absolute atomic E-state index is 13.6. The van der Waals surface area contributed by atoms with Crippen molar-refractivity contribution in [3.8, 4) is 17.5 Å². The number of alkyl halides is 3. The van der Waals surface area contributed by atoms with Crippen LogP contribution in [0.3, 0.4) is 0 Å². The number of aromatic nitrogens is 3. The SMILES string of the molecule is COc1ccc2c(c1)c(Cc1cc(=O)n(-c3cccc(C(F)(F)F)c3)[nH]1)c(C)n2C(=O)c1ccc(C#N)cc1. The van der Waals surface area contributed by atoms with Gasteiger partial charge in [0.1, 0.15) is 5.75 Å². The summed E-state index contributed by atoms with van der Waals surface area (Å²) in [6.45, 7) is 1.78. The zero-order valence-corrected chi connectivity index (χ0v) is 20.8. The van der Waals surface area contributed by atoms with Crippen LogP contribution >= 0.6 is 0 Å². The smallest absolute Gasteiger partial charge is 0.416 e. The summed E-state index contributed by atoms with van der Waals surface area (Å²) < 4.78 is 47.6. The zero-order valence-electron chi connectivity index (χ0n) is 20.8. The van der Waals surface area contributed by atoms with Crippen LogP contribution in [0.1, 0.15) is 38.4 Å². The van der Waals surface area contributed by atoms with Crippen LogP contribution in [0.15, 0.2) is 77.6 Å². The number of benzene rings is 3. The van der Waals surface area contributed by atoms with E-state index in [0.29, 0.717) is 33.8 Å². The monoisotopic (exact) mass is 530 g/mol. The second-order valence-corrected chi connectivity index (χ2v) is 8.96. The van der Waals surface area contributed by atoms with Gasteiger partial charge in [-0.1, -0.05) is 6.07 Å². The number of methoxy groups -OCH3 is 1. The van der Waals surface area contributed by atoms with Crippen molar-refractivity contribution in [3.05, 3.63) is 117 Å². The van der Waals surface area contributed by atoms with Gasteiger partial charge < -0.3 is 4.74 Å². The number of halogens is 3. The van der Waals surface area contributed by atoms with Gasteiger partial charge in [-0.05, 0) is 73.2 Å². The first-order chi connectivity index (χ1) is 18.6. The predicted molar refractivity (Wildman–Crippen MR) is 138 cm³/mol. The third-order valence-corrected chi connectivity index (χ3v) is 6.58. The molecule has 0 unspecified atom stereocenters. The normalized spacial score (nSPS) is 11.5. The second-order valence-electron chi connectivity index (χ2n) is 8.96. The molecule has 1 N–H and O–H groups in total. The van der Waals surface area contributed by atoms with Gasteiger partial charge in [0.25, 0.3) is 11.5 Å². The molecule has 10 heteroatoms. The van der Waals surface area contributed by atoms with Crippen LogP contribution in [0.5, 0.6) is 5.75 Å². The number of aromatic amines is 1. The molecule has 0 fully saturated rings. The standard InChI is InChI=1S/C29H21F3N4O3/c1-17-24(13-21-14-27(37)36(34-21)22-5-3-4-20(12-22)29(30,31)32)25-15-23(39-2)10-11-26(25)35(17)28(38)19-8-6-18(16-33)7-9-19/h3-12,14-15,34H,13H2,1-2H3. The molecule has 0 radical (unpaired) electrons. The van der Waals surface area contributed by atoms with Crippen molar-refractivity contribution in [1.29, 1.82) is 5.26 Å². The number of carbonyl (C=O) groups is 1. The zero-order chi connectivity index (χ0) is 27.9. The van der Waals surface area contributed by atoms with Crippen molar-refractivity contribution in [2.24, 2.45) is 0 Å². The Morgan fingerprint density at radius 2 is 1.79 bits per heavy atom. The fourth-order valence-electron chi connectivity index (χ4n) is 4.63. The van der Waals surface area contributed by atoms with Crippen molar-refractivity contribution in [2.75, 3.05) is 7.11 Å². The summed E-state index contributed by atoms with van der Waals surface area (Å²) in [5.41, 5.74) is 1.93. The number of ether oxygens (including phenoxy) is 1. The molecule has 5 aromatic rings. The van der Waals surface area contributed by atoms with Crippen LogP contribution < -0.4 is 10.3 Å². The van der Waals surface area contributed by atoms with Crippen molar-refractivity contribution in [3.63, 3.8) is 0 Å². The molecule has 7 nitrogen and oxygen atoms in total. The molecule has 0 spiro atoms. The van der Waals surface area contributed by atoms with Crippen molar-refractivity contribution in [1.82, 2.24) is 14.3 Å². The molecule has 0 saturated heterocycles. The maximum Gasteiger partial charge on any atom is 0.416 e. The number of fused-ring (bicyclic) bond motifs is 1. The Morgan fingerprint density at radius 1 is 1.05 bits per heavy atom. The predicted octanol–water partition coefficient (Wildman–Crippen LogP) is 5.61. The number of rotatable bonds is 5. The number of hydrogen-bond acceptors (Lipinski definition) is 4. The van der Waals surface area contributed by atoms with E-state index in [-0.39, 0.29) is 18.0 Å². The van der Waals surface area contributed by atoms with E-state index < -0.39 is 17.3 Å². The average molecular weight is 531 g/mol. The first-order valence-corrected chi connectivity index (χ1v) is 11.8. The largest absolute Gasteiger partial charge is 0.497 e. The van der Waals surface area contributed by atoms with Gasteiger partial charge in [0, 0.05) is 34.8 Å². The molecule has 0 bridgehead atoms. The van der Waals surface area contributed by atoms with Gasteiger partial charge in [-0.2, -0.15) is 18.4 Å². The molecule has 0 amide bonds. The van der Waals surface area contributed by atoms with Crippen LogP contribution in [0, 0.1) is 18.3 Å². The number of nitrogens with one attached hydrogen (secondary N) is 1. The number of nitriles is 1. The Hall–Kier alpha value is -5.04. The Balaban J connectivity index is 1.59. The number of hydrogen-bond donors (Lipinski definition) is 1. The maximum atomic E-state index is 13.6. The first kappa shape index (κ1) is 25.6. The lowest BCUT2D eigenvalue weighted by Gasteiger charge is -2.09. The van der Waals surface area contributed by atoms with Gasteiger partial charge in [0.2, 0.25) is 0 Å². The van der Waals surface area contributed by atoms with E-state index in [1.54, 1.807) is 54.0 Å². The molecule has 39 heavy (non-hydrogen) atoms. The van der Waals surface area contributed by atoms with Gasteiger partial charge in [-0.15, -0.1) is 0 Å². The third kappa shape index (κ3) is 4.70. The Morgan fingerprint density at radius 3 is 2.46 bits per heavy atom.